The molecule has 0 saturated heterocycles. The van der Waals surface area contributed by atoms with E-state index in [-0.39, 0.29) is 16.7 Å². The zero-order valence-corrected chi connectivity index (χ0v) is 14.3. The van der Waals surface area contributed by atoms with Gasteiger partial charge in [-0.2, -0.15) is 13.2 Å². The molecule has 0 amide bonds. The Morgan fingerprint density at radius 3 is 2.52 bits per heavy atom. The first kappa shape index (κ1) is 18.8. The number of hydrogen-bond donors (Lipinski definition) is 1. The molecule has 142 valence electrons. The maximum atomic E-state index is 13.1. The zero-order valence-electron chi connectivity index (χ0n) is 14.3. The van der Waals surface area contributed by atoms with Gasteiger partial charge in [-0.1, -0.05) is 48.8 Å². The molecule has 3 aromatic rings. The van der Waals surface area contributed by atoms with E-state index in [1.807, 2.05) is 6.92 Å². The number of rotatable bonds is 6. The van der Waals surface area contributed by atoms with Crippen molar-refractivity contribution < 1.29 is 32.3 Å². The first-order valence-electron chi connectivity index (χ1n) is 8.25. The van der Waals surface area contributed by atoms with Gasteiger partial charge in [0.2, 0.25) is 6.10 Å². The number of aliphatic carboxylic acids is 1. The fourth-order valence-electron chi connectivity index (χ4n) is 2.86. The maximum absolute atomic E-state index is 13.1. The van der Waals surface area contributed by atoms with E-state index in [4.69, 9.17) is 9.26 Å². The quantitative estimate of drug-likeness (QED) is 0.652. The molecule has 8 heteroatoms. The summed E-state index contributed by atoms with van der Waals surface area (Å²) in [6.45, 7) is 1.84. The molecule has 0 spiro atoms. The van der Waals surface area contributed by atoms with Crippen LogP contribution in [0.5, 0.6) is 5.75 Å². The minimum absolute atomic E-state index is 0.0427. The Bertz CT molecular complexity index is 951. The highest BCUT2D eigenvalue weighted by atomic mass is 19.4. The summed E-state index contributed by atoms with van der Waals surface area (Å²) >= 11 is 0. The number of aryl methyl sites for hydroxylation is 1. The number of fused-ring (bicyclic) bond motifs is 1. The lowest BCUT2D eigenvalue weighted by molar-refractivity contribution is -0.145. The first-order valence-corrected chi connectivity index (χ1v) is 8.25. The number of carboxylic acid groups (broad SMARTS) is 1. The number of hydrogen-bond acceptors (Lipinski definition) is 4. The molecule has 2 aromatic carbocycles. The standard InChI is InChI=1S/C19H16F3NO4/c1-2-6-12-14(26-15(18(24)25)11-7-4-3-5-8-11)10-9-13-16(12)27-23-17(13)19(20,21)22/h3-5,7-10,15H,2,6H2,1H3,(H,24,25). The molecule has 0 radical (unpaired) electrons. The Morgan fingerprint density at radius 1 is 1.22 bits per heavy atom. The van der Waals surface area contributed by atoms with Crippen LogP contribution in [0.3, 0.4) is 0 Å². The van der Waals surface area contributed by atoms with Gasteiger partial charge in [-0.3, -0.25) is 0 Å². The van der Waals surface area contributed by atoms with E-state index in [9.17, 15) is 23.1 Å². The monoisotopic (exact) mass is 379 g/mol. The van der Waals surface area contributed by atoms with Crippen molar-refractivity contribution in [2.75, 3.05) is 0 Å². The summed E-state index contributed by atoms with van der Waals surface area (Å²) in [6.07, 6.45) is -5.00. The van der Waals surface area contributed by atoms with Crippen LogP contribution in [-0.4, -0.2) is 16.2 Å². The van der Waals surface area contributed by atoms with Gasteiger partial charge >= 0.3 is 12.1 Å². The predicted octanol–water partition coefficient (Wildman–Crippen LogP) is 5.00. The molecule has 27 heavy (non-hydrogen) atoms. The van der Waals surface area contributed by atoms with E-state index >= 15 is 0 Å². The van der Waals surface area contributed by atoms with Gasteiger partial charge < -0.3 is 14.4 Å². The smallest absolute Gasteiger partial charge is 0.437 e. The summed E-state index contributed by atoms with van der Waals surface area (Å²) in [5.74, 6) is -1.05. The van der Waals surface area contributed by atoms with Crippen molar-refractivity contribution >= 4 is 16.9 Å². The Morgan fingerprint density at radius 2 is 1.93 bits per heavy atom. The summed E-state index contributed by atoms with van der Waals surface area (Å²) in [4.78, 5) is 11.7. The highest BCUT2D eigenvalue weighted by molar-refractivity contribution is 5.85. The number of alkyl halides is 3. The Kier molecular flexibility index (Phi) is 5.07. The fraction of sp³-hybridized carbons (Fsp3) is 0.263. The Labute approximate surface area is 152 Å². The van der Waals surface area contributed by atoms with Crippen LogP contribution in [0.25, 0.3) is 11.0 Å². The van der Waals surface area contributed by atoms with Crippen LogP contribution in [0.2, 0.25) is 0 Å². The molecule has 0 fully saturated rings. The fourth-order valence-corrected chi connectivity index (χ4v) is 2.86. The van der Waals surface area contributed by atoms with Gasteiger partial charge in [0, 0.05) is 11.1 Å². The number of carboxylic acids is 1. The van der Waals surface area contributed by atoms with Crippen molar-refractivity contribution in [3.05, 3.63) is 59.3 Å². The van der Waals surface area contributed by atoms with Gasteiger partial charge in [-0.15, -0.1) is 0 Å². The van der Waals surface area contributed by atoms with E-state index < -0.39 is 23.9 Å². The van der Waals surface area contributed by atoms with E-state index in [0.29, 0.717) is 24.0 Å². The van der Waals surface area contributed by atoms with Gasteiger partial charge in [-0.25, -0.2) is 4.79 Å². The molecule has 0 aliphatic carbocycles. The van der Waals surface area contributed by atoms with Crippen molar-refractivity contribution in [1.82, 2.24) is 5.16 Å². The molecule has 5 nitrogen and oxygen atoms in total. The third-order valence-corrected chi connectivity index (χ3v) is 4.04. The minimum atomic E-state index is -4.65. The SMILES string of the molecule is CCCc1c(OC(C(=O)O)c2ccccc2)ccc2c(C(F)(F)F)noc12. The van der Waals surface area contributed by atoms with Crippen LogP contribution in [0, 0.1) is 0 Å². The molecular weight excluding hydrogens is 363 g/mol. The molecule has 3 rings (SSSR count). The van der Waals surface area contributed by atoms with Gasteiger partial charge in [0.25, 0.3) is 0 Å². The summed E-state index contributed by atoms with van der Waals surface area (Å²) < 4.78 is 49.9. The normalized spacial score (nSPS) is 12.9. The molecule has 1 N–H and O–H groups in total. The van der Waals surface area contributed by atoms with Crippen molar-refractivity contribution in [2.24, 2.45) is 0 Å². The second-order valence-corrected chi connectivity index (χ2v) is 5.94. The molecule has 1 aromatic heterocycles. The van der Waals surface area contributed by atoms with E-state index in [1.165, 1.54) is 12.1 Å². The first-order chi connectivity index (χ1) is 12.8. The Balaban J connectivity index is 2.08. The summed E-state index contributed by atoms with van der Waals surface area (Å²) in [6, 6.07) is 10.8. The second kappa shape index (κ2) is 7.30. The van der Waals surface area contributed by atoms with Gasteiger partial charge in [-0.05, 0) is 18.6 Å². The lowest BCUT2D eigenvalue weighted by Crippen LogP contribution is -2.18. The number of benzene rings is 2. The van der Waals surface area contributed by atoms with E-state index in [0.717, 1.165) is 0 Å². The third-order valence-electron chi connectivity index (χ3n) is 4.04. The van der Waals surface area contributed by atoms with E-state index in [1.54, 1.807) is 30.3 Å². The average molecular weight is 379 g/mol. The summed E-state index contributed by atoms with van der Waals surface area (Å²) in [5.41, 5.74) is -0.376. The van der Waals surface area contributed by atoms with Crippen LogP contribution in [0.1, 0.15) is 36.3 Å². The molecule has 0 saturated carbocycles. The molecule has 0 aliphatic rings. The van der Waals surface area contributed by atoms with Gasteiger partial charge in [0.05, 0.1) is 5.39 Å². The minimum Gasteiger partial charge on any atom is -0.478 e. The lowest BCUT2D eigenvalue weighted by Gasteiger charge is -2.18. The molecule has 0 bridgehead atoms. The van der Waals surface area contributed by atoms with Crippen LogP contribution in [0.4, 0.5) is 13.2 Å². The average Bonchev–Trinajstić information content (AvgIpc) is 3.06. The van der Waals surface area contributed by atoms with Gasteiger partial charge in [0.1, 0.15) is 5.75 Å². The topological polar surface area (TPSA) is 72.6 Å². The number of ether oxygens (including phenoxy) is 1. The van der Waals surface area contributed by atoms with Gasteiger partial charge in [0.15, 0.2) is 11.3 Å². The maximum Gasteiger partial charge on any atom is 0.437 e. The summed E-state index contributed by atoms with van der Waals surface area (Å²) in [7, 11) is 0. The zero-order chi connectivity index (χ0) is 19.6. The van der Waals surface area contributed by atoms with Crippen LogP contribution < -0.4 is 4.74 Å². The number of nitrogens with zero attached hydrogens (tertiary/aromatic N) is 1. The number of aromatic nitrogens is 1. The van der Waals surface area contributed by atoms with Crippen LogP contribution in [-0.2, 0) is 17.4 Å². The van der Waals surface area contributed by atoms with Crippen molar-refractivity contribution in [3.63, 3.8) is 0 Å². The number of carbonyl (C=O) groups is 1. The molecular formula is C19H16F3NO4. The molecule has 1 heterocycles. The van der Waals surface area contributed by atoms with Crippen LogP contribution >= 0.6 is 0 Å². The third kappa shape index (κ3) is 3.74. The number of halogens is 3. The molecule has 0 aliphatic heterocycles. The van der Waals surface area contributed by atoms with Crippen molar-refractivity contribution in [3.8, 4) is 5.75 Å². The highest BCUT2D eigenvalue weighted by Crippen LogP contribution is 2.39. The molecule has 1 unspecified atom stereocenters. The lowest BCUT2D eigenvalue weighted by atomic mass is 10.0. The van der Waals surface area contributed by atoms with Crippen LogP contribution in [0.15, 0.2) is 47.0 Å². The second-order valence-electron chi connectivity index (χ2n) is 5.94. The largest absolute Gasteiger partial charge is 0.478 e. The van der Waals surface area contributed by atoms with Crippen molar-refractivity contribution in [1.29, 1.82) is 0 Å². The van der Waals surface area contributed by atoms with E-state index in [2.05, 4.69) is 5.16 Å². The highest BCUT2D eigenvalue weighted by Gasteiger charge is 2.38. The predicted molar refractivity (Wildman–Crippen MR) is 90.5 cm³/mol. The Hall–Kier alpha value is -3.03. The summed E-state index contributed by atoms with van der Waals surface area (Å²) in [5, 5.41) is 12.5. The molecule has 1 atom stereocenters. The van der Waals surface area contributed by atoms with Crippen molar-refractivity contribution in [2.45, 2.75) is 32.0 Å².